The molecule has 0 aliphatic carbocycles. The molecular formula is C21H23N5O2. The topological polar surface area (TPSA) is 84.1 Å². The van der Waals surface area contributed by atoms with E-state index in [0.717, 1.165) is 19.3 Å². The van der Waals surface area contributed by atoms with Gasteiger partial charge in [0.1, 0.15) is 5.69 Å². The van der Waals surface area contributed by atoms with Gasteiger partial charge >= 0.3 is 0 Å². The van der Waals surface area contributed by atoms with Gasteiger partial charge in [-0.15, -0.1) is 0 Å². The number of likely N-dealkylation sites (tertiary alicyclic amines) is 1. The first-order chi connectivity index (χ1) is 13.7. The minimum absolute atomic E-state index is 0.0463. The number of piperidine rings is 1. The summed E-state index contributed by atoms with van der Waals surface area (Å²) in [5.74, 6) is 0.345. The molecule has 144 valence electrons. The Balaban J connectivity index is 1.54. The van der Waals surface area contributed by atoms with Crippen molar-refractivity contribution in [2.24, 2.45) is 5.41 Å². The maximum Gasteiger partial charge on any atom is 0.274 e. The van der Waals surface area contributed by atoms with Crippen molar-refractivity contribution in [2.45, 2.75) is 19.3 Å². The second kappa shape index (κ2) is 7.90. The molecule has 1 aromatic carbocycles. The van der Waals surface area contributed by atoms with Gasteiger partial charge in [0.05, 0.1) is 19.0 Å². The van der Waals surface area contributed by atoms with Gasteiger partial charge in [-0.25, -0.2) is 9.67 Å². The van der Waals surface area contributed by atoms with Crippen molar-refractivity contribution >= 4 is 5.91 Å². The number of aliphatic hydroxyl groups excluding tert-OH is 1. The van der Waals surface area contributed by atoms with Crippen LogP contribution >= 0.6 is 0 Å². The van der Waals surface area contributed by atoms with E-state index in [-0.39, 0.29) is 17.9 Å². The number of benzene rings is 1. The number of hydrogen-bond acceptors (Lipinski definition) is 5. The van der Waals surface area contributed by atoms with Gasteiger partial charge < -0.3 is 10.0 Å². The van der Waals surface area contributed by atoms with Crippen molar-refractivity contribution in [2.75, 3.05) is 19.7 Å². The van der Waals surface area contributed by atoms with E-state index in [9.17, 15) is 9.90 Å². The van der Waals surface area contributed by atoms with Gasteiger partial charge in [0.2, 0.25) is 0 Å². The number of carbonyl (C=O) groups excluding carboxylic acids is 1. The van der Waals surface area contributed by atoms with Crippen molar-refractivity contribution in [3.63, 3.8) is 0 Å². The molecule has 0 bridgehead atoms. The molecule has 0 saturated carbocycles. The molecule has 3 heterocycles. The SMILES string of the molecule is O=C(c1cncc(-n2cccn2)n1)N1CCCC(CO)(Cc2ccccc2)C1. The smallest absolute Gasteiger partial charge is 0.274 e. The molecule has 1 saturated heterocycles. The molecule has 4 rings (SSSR count). The Morgan fingerprint density at radius 3 is 2.79 bits per heavy atom. The number of nitrogens with zero attached hydrogens (tertiary/aromatic N) is 5. The summed E-state index contributed by atoms with van der Waals surface area (Å²) in [5, 5.41) is 14.3. The second-order valence-corrected chi connectivity index (χ2v) is 7.36. The van der Waals surface area contributed by atoms with E-state index in [1.54, 1.807) is 34.2 Å². The average molecular weight is 377 g/mol. The van der Waals surface area contributed by atoms with Crippen LogP contribution in [0.25, 0.3) is 5.82 Å². The molecule has 1 amide bonds. The highest BCUT2D eigenvalue weighted by Crippen LogP contribution is 2.34. The Labute approximate surface area is 163 Å². The molecule has 1 atom stereocenters. The van der Waals surface area contributed by atoms with E-state index in [1.165, 1.54) is 11.8 Å². The van der Waals surface area contributed by atoms with Gasteiger partial charge in [-0.1, -0.05) is 30.3 Å². The van der Waals surface area contributed by atoms with Crippen LogP contribution in [0.15, 0.2) is 61.2 Å². The lowest BCUT2D eigenvalue weighted by Gasteiger charge is -2.42. The zero-order chi connectivity index (χ0) is 19.4. The Kier molecular flexibility index (Phi) is 5.16. The maximum atomic E-state index is 13.1. The predicted octanol–water partition coefficient (Wildman–Crippen LogP) is 2.12. The number of aliphatic hydroxyl groups is 1. The first-order valence-corrected chi connectivity index (χ1v) is 9.45. The molecule has 28 heavy (non-hydrogen) atoms. The van der Waals surface area contributed by atoms with E-state index in [2.05, 4.69) is 27.2 Å². The minimum Gasteiger partial charge on any atom is -0.396 e. The van der Waals surface area contributed by atoms with E-state index >= 15 is 0 Å². The molecule has 1 fully saturated rings. The normalized spacial score (nSPS) is 19.5. The van der Waals surface area contributed by atoms with Crippen molar-refractivity contribution in [1.82, 2.24) is 24.6 Å². The Hall–Kier alpha value is -3.06. The van der Waals surface area contributed by atoms with Crippen LogP contribution in [-0.2, 0) is 6.42 Å². The number of amides is 1. The summed E-state index contributed by atoms with van der Waals surface area (Å²) in [4.78, 5) is 23.5. The van der Waals surface area contributed by atoms with Crippen molar-refractivity contribution in [1.29, 1.82) is 0 Å². The maximum absolute atomic E-state index is 13.1. The van der Waals surface area contributed by atoms with Crippen molar-refractivity contribution < 1.29 is 9.90 Å². The number of carbonyl (C=O) groups is 1. The summed E-state index contributed by atoms with van der Waals surface area (Å²) in [7, 11) is 0. The van der Waals surface area contributed by atoms with Crippen LogP contribution in [0.1, 0.15) is 28.9 Å². The minimum atomic E-state index is -0.331. The molecule has 7 heteroatoms. The first-order valence-electron chi connectivity index (χ1n) is 9.45. The van der Waals surface area contributed by atoms with Gasteiger partial charge in [0.25, 0.3) is 5.91 Å². The molecular weight excluding hydrogens is 354 g/mol. The van der Waals surface area contributed by atoms with Gasteiger partial charge in [-0.2, -0.15) is 5.10 Å². The quantitative estimate of drug-likeness (QED) is 0.736. The third kappa shape index (κ3) is 3.80. The van der Waals surface area contributed by atoms with E-state index in [1.807, 2.05) is 18.2 Å². The Bertz CT molecular complexity index is 929. The zero-order valence-electron chi connectivity index (χ0n) is 15.6. The number of hydrogen-bond donors (Lipinski definition) is 1. The van der Waals surface area contributed by atoms with Gasteiger partial charge in [-0.05, 0) is 30.9 Å². The molecule has 1 aliphatic heterocycles. The summed E-state index contributed by atoms with van der Waals surface area (Å²) in [6.07, 6.45) is 8.96. The lowest BCUT2D eigenvalue weighted by Crippen LogP contribution is -2.49. The molecule has 1 N–H and O–H groups in total. The summed E-state index contributed by atoms with van der Waals surface area (Å²) >= 11 is 0. The van der Waals surface area contributed by atoms with Crippen LogP contribution in [0.4, 0.5) is 0 Å². The third-order valence-corrected chi connectivity index (χ3v) is 5.29. The van der Waals surface area contributed by atoms with Crippen LogP contribution in [0.2, 0.25) is 0 Å². The fourth-order valence-corrected chi connectivity index (χ4v) is 3.87. The van der Waals surface area contributed by atoms with Gasteiger partial charge in [-0.3, -0.25) is 9.78 Å². The zero-order valence-corrected chi connectivity index (χ0v) is 15.6. The highest BCUT2D eigenvalue weighted by molar-refractivity contribution is 5.92. The monoisotopic (exact) mass is 377 g/mol. The van der Waals surface area contributed by atoms with Crippen LogP contribution in [0.3, 0.4) is 0 Å². The van der Waals surface area contributed by atoms with E-state index in [4.69, 9.17) is 0 Å². The summed E-state index contributed by atoms with van der Waals surface area (Å²) < 4.78 is 1.58. The van der Waals surface area contributed by atoms with Gasteiger partial charge in [0, 0.05) is 30.9 Å². The lowest BCUT2D eigenvalue weighted by atomic mass is 9.75. The molecule has 1 unspecified atom stereocenters. The Morgan fingerprint density at radius 2 is 2.04 bits per heavy atom. The third-order valence-electron chi connectivity index (χ3n) is 5.29. The predicted molar refractivity (Wildman–Crippen MR) is 104 cm³/mol. The van der Waals surface area contributed by atoms with Crippen LogP contribution in [0.5, 0.6) is 0 Å². The molecule has 2 aromatic heterocycles. The van der Waals surface area contributed by atoms with E-state index in [0.29, 0.717) is 24.6 Å². The standard InChI is InChI=1S/C21H23N5O2/c27-16-21(12-17-6-2-1-3-7-17)8-4-10-25(15-21)20(28)18-13-22-14-19(24-18)26-11-5-9-23-26/h1-3,5-7,9,11,13-14,27H,4,8,10,12,15-16H2. The fourth-order valence-electron chi connectivity index (χ4n) is 3.87. The fraction of sp³-hybridized carbons (Fsp3) is 0.333. The number of aromatic nitrogens is 4. The summed E-state index contributed by atoms with van der Waals surface area (Å²) in [6.45, 7) is 1.21. The average Bonchev–Trinajstić information content (AvgIpc) is 3.29. The van der Waals surface area contributed by atoms with Crippen LogP contribution in [0, 0.1) is 5.41 Å². The Morgan fingerprint density at radius 1 is 1.18 bits per heavy atom. The van der Waals surface area contributed by atoms with E-state index < -0.39 is 0 Å². The van der Waals surface area contributed by atoms with Crippen LogP contribution < -0.4 is 0 Å². The molecule has 3 aromatic rings. The van der Waals surface area contributed by atoms with Crippen LogP contribution in [-0.4, -0.2) is 55.4 Å². The molecule has 1 aliphatic rings. The summed E-state index contributed by atoms with van der Waals surface area (Å²) in [5.41, 5.74) is 1.13. The molecule has 7 nitrogen and oxygen atoms in total. The molecule has 0 radical (unpaired) electrons. The largest absolute Gasteiger partial charge is 0.396 e. The van der Waals surface area contributed by atoms with Gasteiger partial charge in [0.15, 0.2) is 5.82 Å². The highest BCUT2D eigenvalue weighted by atomic mass is 16.3. The first kappa shape index (κ1) is 18.3. The highest BCUT2D eigenvalue weighted by Gasteiger charge is 2.37. The summed E-state index contributed by atoms with van der Waals surface area (Å²) in [6, 6.07) is 11.9. The lowest BCUT2D eigenvalue weighted by molar-refractivity contribution is 0.0267. The second-order valence-electron chi connectivity index (χ2n) is 7.36. The molecule has 0 spiro atoms. The van der Waals surface area contributed by atoms with Crippen molar-refractivity contribution in [3.05, 3.63) is 72.4 Å². The number of rotatable bonds is 5. The van der Waals surface area contributed by atoms with Crippen molar-refractivity contribution in [3.8, 4) is 5.82 Å².